The smallest absolute Gasteiger partial charge is 0.134 e. The molecule has 4 nitrogen and oxygen atoms in total. The van der Waals surface area contributed by atoms with Crippen molar-refractivity contribution in [2.24, 2.45) is 0 Å². The molecule has 0 radical (unpaired) electrons. The summed E-state index contributed by atoms with van der Waals surface area (Å²) in [6.45, 7) is 0.923. The van der Waals surface area contributed by atoms with Crippen molar-refractivity contribution < 1.29 is 14.3 Å². The normalized spacial score (nSPS) is 13.2. The lowest BCUT2D eigenvalue weighted by Gasteiger charge is -2.05. The molecular formula is C9H15NO3. The summed E-state index contributed by atoms with van der Waals surface area (Å²) in [5.74, 6) is 1.30. The summed E-state index contributed by atoms with van der Waals surface area (Å²) in [5, 5.41) is 12.4. The molecule has 2 N–H and O–H groups in total. The Kier molecular flexibility index (Phi) is 3.95. The Morgan fingerprint density at radius 1 is 1.62 bits per heavy atom. The largest absolute Gasteiger partial charge is 0.461 e. The van der Waals surface area contributed by atoms with Crippen LogP contribution in [0.15, 0.2) is 16.5 Å². The molecule has 0 fully saturated rings. The highest BCUT2D eigenvalue weighted by atomic mass is 16.5. The van der Waals surface area contributed by atoms with Crippen LogP contribution in [0.5, 0.6) is 0 Å². The first kappa shape index (κ1) is 10.2. The van der Waals surface area contributed by atoms with Gasteiger partial charge in [-0.25, -0.2) is 0 Å². The first-order valence-corrected chi connectivity index (χ1v) is 4.18. The summed E-state index contributed by atoms with van der Waals surface area (Å²) >= 11 is 0. The number of ether oxygens (including phenoxy) is 1. The van der Waals surface area contributed by atoms with E-state index in [1.807, 2.05) is 0 Å². The van der Waals surface area contributed by atoms with Gasteiger partial charge >= 0.3 is 0 Å². The van der Waals surface area contributed by atoms with E-state index >= 15 is 0 Å². The number of rotatable bonds is 5. The number of hydrogen-bond acceptors (Lipinski definition) is 4. The van der Waals surface area contributed by atoms with Gasteiger partial charge in [0.2, 0.25) is 0 Å². The van der Waals surface area contributed by atoms with Crippen molar-refractivity contribution in [2.45, 2.75) is 12.7 Å². The van der Waals surface area contributed by atoms with E-state index in [2.05, 4.69) is 5.32 Å². The van der Waals surface area contributed by atoms with Gasteiger partial charge in [0.15, 0.2) is 0 Å². The Labute approximate surface area is 77.5 Å². The van der Waals surface area contributed by atoms with Gasteiger partial charge in [-0.15, -0.1) is 0 Å². The third-order valence-corrected chi connectivity index (χ3v) is 1.69. The Balaban J connectivity index is 2.56. The SMILES string of the molecule is CNCC(O)c1ccc(COC)o1. The van der Waals surface area contributed by atoms with Crippen LogP contribution in [0.4, 0.5) is 0 Å². The van der Waals surface area contributed by atoms with Crippen molar-refractivity contribution in [1.29, 1.82) is 0 Å². The van der Waals surface area contributed by atoms with Crippen molar-refractivity contribution in [3.63, 3.8) is 0 Å². The second-order valence-electron chi connectivity index (χ2n) is 2.81. The highest BCUT2D eigenvalue weighted by molar-refractivity contribution is 5.09. The Hall–Kier alpha value is -0.840. The summed E-state index contributed by atoms with van der Waals surface area (Å²) in [6, 6.07) is 3.56. The molecule has 1 heterocycles. The van der Waals surface area contributed by atoms with Gasteiger partial charge in [0.25, 0.3) is 0 Å². The van der Waals surface area contributed by atoms with Gasteiger partial charge in [-0.1, -0.05) is 0 Å². The lowest BCUT2D eigenvalue weighted by atomic mass is 10.3. The third kappa shape index (κ3) is 2.84. The fourth-order valence-corrected chi connectivity index (χ4v) is 1.09. The molecule has 1 unspecified atom stereocenters. The minimum Gasteiger partial charge on any atom is -0.461 e. The molecule has 1 atom stereocenters. The maximum atomic E-state index is 9.51. The molecule has 0 amide bonds. The van der Waals surface area contributed by atoms with Crippen molar-refractivity contribution in [3.05, 3.63) is 23.7 Å². The van der Waals surface area contributed by atoms with E-state index < -0.39 is 6.10 Å². The average molecular weight is 185 g/mol. The maximum Gasteiger partial charge on any atom is 0.134 e. The third-order valence-electron chi connectivity index (χ3n) is 1.69. The molecule has 0 aliphatic carbocycles. The van der Waals surface area contributed by atoms with Crippen LogP contribution < -0.4 is 5.32 Å². The van der Waals surface area contributed by atoms with E-state index in [0.717, 1.165) is 5.76 Å². The average Bonchev–Trinajstić information content (AvgIpc) is 2.54. The number of nitrogens with one attached hydrogen (secondary N) is 1. The molecular weight excluding hydrogens is 170 g/mol. The summed E-state index contributed by atoms with van der Waals surface area (Å²) in [4.78, 5) is 0. The van der Waals surface area contributed by atoms with Gasteiger partial charge < -0.3 is 19.6 Å². The topological polar surface area (TPSA) is 54.6 Å². The summed E-state index contributed by atoms with van der Waals surface area (Å²) in [5.41, 5.74) is 0. The summed E-state index contributed by atoms with van der Waals surface area (Å²) in [6.07, 6.45) is -0.587. The summed E-state index contributed by atoms with van der Waals surface area (Å²) < 4.78 is 10.2. The first-order valence-electron chi connectivity index (χ1n) is 4.18. The molecule has 0 saturated heterocycles. The van der Waals surface area contributed by atoms with E-state index in [9.17, 15) is 5.11 Å². The zero-order valence-corrected chi connectivity index (χ0v) is 7.91. The van der Waals surface area contributed by atoms with Gasteiger partial charge in [0.05, 0.1) is 0 Å². The minimum absolute atomic E-state index is 0.437. The Morgan fingerprint density at radius 2 is 2.38 bits per heavy atom. The predicted octanol–water partition coefficient (Wildman–Crippen LogP) is 0.679. The van der Waals surface area contributed by atoms with E-state index in [-0.39, 0.29) is 0 Å². The monoisotopic (exact) mass is 185 g/mol. The molecule has 0 spiro atoms. The van der Waals surface area contributed by atoms with Crippen molar-refractivity contribution in [2.75, 3.05) is 20.7 Å². The van der Waals surface area contributed by atoms with Gasteiger partial charge in [-0.2, -0.15) is 0 Å². The molecule has 4 heteroatoms. The molecule has 74 valence electrons. The predicted molar refractivity (Wildman–Crippen MR) is 48.3 cm³/mol. The van der Waals surface area contributed by atoms with E-state index in [1.54, 1.807) is 26.3 Å². The molecule has 1 aromatic heterocycles. The molecule has 1 rings (SSSR count). The molecule has 0 saturated carbocycles. The van der Waals surface area contributed by atoms with Crippen LogP contribution in [0.25, 0.3) is 0 Å². The van der Waals surface area contributed by atoms with Crippen LogP contribution >= 0.6 is 0 Å². The van der Waals surface area contributed by atoms with Crippen LogP contribution in [0.2, 0.25) is 0 Å². The summed E-state index contributed by atoms with van der Waals surface area (Å²) in [7, 11) is 3.38. The van der Waals surface area contributed by atoms with Crippen LogP contribution in [0.3, 0.4) is 0 Å². The van der Waals surface area contributed by atoms with Gasteiger partial charge in [0, 0.05) is 13.7 Å². The van der Waals surface area contributed by atoms with Crippen LogP contribution in [0.1, 0.15) is 17.6 Å². The van der Waals surface area contributed by atoms with Crippen LogP contribution in [0, 0.1) is 0 Å². The second-order valence-corrected chi connectivity index (χ2v) is 2.81. The number of furan rings is 1. The Bertz CT molecular complexity index is 247. The van der Waals surface area contributed by atoms with Crippen molar-refractivity contribution >= 4 is 0 Å². The fraction of sp³-hybridized carbons (Fsp3) is 0.556. The molecule has 0 aliphatic heterocycles. The molecule has 13 heavy (non-hydrogen) atoms. The van der Waals surface area contributed by atoms with Crippen molar-refractivity contribution in [1.82, 2.24) is 5.32 Å². The van der Waals surface area contributed by atoms with E-state index in [4.69, 9.17) is 9.15 Å². The van der Waals surface area contributed by atoms with Crippen LogP contribution in [-0.2, 0) is 11.3 Å². The van der Waals surface area contributed by atoms with Crippen LogP contribution in [-0.4, -0.2) is 25.8 Å². The fourth-order valence-electron chi connectivity index (χ4n) is 1.09. The number of aliphatic hydroxyl groups excluding tert-OH is 1. The van der Waals surface area contributed by atoms with Gasteiger partial charge in [-0.3, -0.25) is 0 Å². The molecule has 0 aliphatic rings. The second kappa shape index (κ2) is 5.01. The van der Waals surface area contributed by atoms with E-state index in [0.29, 0.717) is 18.9 Å². The number of hydrogen-bond donors (Lipinski definition) is 2. The zero-order chi connectivity index (χ0) is 9.68. The molecule has 0 aromatic carbocycles. The van der Waals surface area contributed by atoms with Gasteiger partial charge in [-0.05, 0) is 19.2 Å². The molecule has 1 aromatic rings. The van der Waals surface area contributed by atoms with E-state index in [1.165, 1.54) is 0 Å². The zero-order valence-electron chi connectivity index (χ0n) is 7.91. The standard InChI is InChI=1S/C9H15NO3/c1-10-5-8(11)9-4-3-7(13-9)6-12-2/h3-4,8,10-11H,5-6H2,1-2H3. The first-order chi connectivity index (χ1) is 6.27. The minimum atomic E-state index is -0.587. The molecule has 0 bridgehead atoms. The quantitative estimate of drug-likeness (QED) is 0.708. The highest BCUT2D eigenvalue weighted by Crippen LogP contribution is 2.16. The Morgan fingerprint density at radius 3 is 3.00 bits per heavy atom. The maximum absolute atomic E-state index is 9.51. The number of likely N-dealkylation sites (N-methyl/N-ethyl adjacent to an activating group) is 1. The van der Waals surface area contributed by atoms with Crippen molar-refractivity contribution in [3.8, 4) is 0 Å². The number of aliphatic hydroxyl groups is 1. The lowest BCUT2D eigenvalue weighted by molar-refractivity contribution is 0.131. The van der Waals surface area contributed by atoms with Gasteiger partial charge in [0.1, 0.15) is 24.2 Å². The lowest BCUT2D eigenvalue weighted by Crippen LogP contribution is -2.16. The number of methoxy groups -OCH3 is 1. The highest BCUT2D eigenvalue weighted by Gasteiger charge is 2.10.